The molecule has 0 N–H and O–H groups in total. The first-order valence-corrected chi connectivity index (χ1v) is 18.9. The van der Waals surface area contributed by atoms with Crippen molar-refractivity contribution < 1.29 is 56.1 Å². The van der Waals surface area contributed by atoms with Crippen molar-refractivity contribution in [3.63, 3.8) is 0 Å². The molecule has 0 aromatic rings. The quantitative estimate of drug-likeness (QED) is 0.176. The second-order valence-corrected chi connectivity index (χ2v) is 17.1. The molecule has 0 unspecified atom stereocenters. The van der Waals surface area contributed by atoms with Gasteiger partial charge in [-0.2, -0.15) is 13.2 Å². The van der Waals surface area contributed by atoms with Crippen LogP contribution < -0.4 is 0 Å². The maximum absolute atomic E-state index is 14.4. The number of halogens is 3. The Morgan fingerprint density at radius 3 is 2.14 bits per heavy atom. The fourth-order valence-electron chi connectivity index (χ4n) is 11.3. The van der Waals surface area contributed by atoms with Gasteiger partial charge < -0.3 is 33.2 Å². The van der Waals surface area contributed by atoms with Crippen LogP contribution in [0.25, 0.3) is 0 Å². The smallest absolute Gasteiger partial charge is 0.449 e. The standard InChI is InChI=1S/C37H55F3O9/c1-21-11-13-28-24(29(37(38,39)40)43-30-35(28)25(21)14-16-32(4,44-30)47-35)20-41-18-8-7-9-19-42-34(6)23(3)27-12-10-22(2)26-15-17-33(5)45-31(46-34)36(26,27)49-48-33/h21-23,25-28,30-31H,7-20H2,1-6H3/t21-,22-,23-,25+,26+,27+,28+,30-,31+,32+,33+,34+,35-,36-/m1/s1. The highest BCUT2D eigenvalue weighted by molar-refractivity contribution is 5.29. The van der Waals surface area contributed by atoms with Gasteiger partial charge in [0.2, 0.25) is 17.8 Å². The maximum atomic E-state index is 14.4. The van der Waals surface area contributed by atoms with Crippen LogP contribution in [0.2, 0.25) is 0 Å². The number of hydrogen-bond acceptors (Lipinski definition) is 9. The van der Waals surface area contributed by atoms with Crippen LogP contribution in [-0.2, 0) is 42.9 Å². The lowest BCUT2D eigenvalue weighted by molar-refractivity contribution is -0.585. The van der Waals surface area contributed by atoms with E-state index in [9.17, 15) is 13.2 Å². The van der Waals surface area contributed by atoms with Crippen molar-refractivity contribution in [2.24, 2.45) is 41.4 Å². The minimum Gasteiger partial charge on any atom is -0.456 e. The van der Waals surface area contributed by atoms with E-state index in [2.05, 4.69) is 20.8 Å². The third-order valence-corrected chi connectivity index (χ3v) is 14.1. The molecule has 4 bridgehead atoms. The number of unbranched alkanes of at least 4 members (excludes halogenated alkanes) is 2. The Morgan fingerprint density at radius 2 is 1.39 bits per heavy atom. The second kappa shape index (κ2) is 12.0. The van der Waals surface area contributed by atoms with Crippen LogP contribution in [0.15, 0.2) is 11.3 Å². The van der Waals surface area contributed by atoms with Crippen LogP contribution >= 0.6 is 0 Å². The normalized spacial score (nSPS) is 51.6. The minimum absolute atomic E-state index is 0.0586. The van der Waals surface area contributed by atoms with E-state index in [1.54, 1.807) is 0 Å². The molecule has 9 rings (SSSR count). The number of allylic oxidation sites excluding steroid dienone is 1. The summed E-state index contributed by atoms with van der Waals surface area (Å²) in [5, 5.41) is 0. The van der Waals surface area contributed by atoms with Crippen molar-refractivity contribution in [1.29, 1.82) is 0 Å². The average molecular weight is 701 g/mol. The summed E-state index contributed by atoms with van der Waals surface area (Å²) in [4.78, 5) is 12.2. The molecule has 6 saturated heterocycles. The molecular formula is C37H55F3O9. The molecule has 9 aliphatic rings. The fourth-order valence-corrected chi connectivity index (χ4v) is 11.3. The number of alkyl halides is 3. The Bertz CT molecular complexity index is 1310. The third-order valence-electron chi connectivity index (χ3n) is 14.1. The first-order chi connectivity index (χ1) is 23.1. The molecule has 9 nitrogen and oxygen atoms in total. The van der Waals surface area contributed by atoms with Gasteiger partial charge >= 0.3 is 6.18 Å². The lowest BCUT2D eigenvalue weighted by Gasteiger charge is -2.62. The van der Waals surface area contributed by atoms with Gasteiger partial charge in [0.25, 0.3) is 0 Å². The molecule has 7 aliphatic heterocycles. The van der Waals surface area contributed by atoms with Crippen LogP contribution in [0.5, 0.6) is 0 Å². The van der Waals surface area contributed by atoms with Crippen LogP contribution in [-0.4, -0.2) is 67.1 Å². The molecule has 49 heavy (non-hydrogen) atoms. The van der Waals surface area contributed by atoms with Crippen LogP contribution in [0, 0.1) is 41.4 Å². The van der Waals surface area contributed by atoms with Gasteiger partial charge in [-0.25, -0.2) is 9.78 Å². The van der Waals surface area contributed by atoms with E-state index in [1.807, 2.05) is 20.8 Å². The van der Waals surface area contributed by atoms with Crippen LogP contribution in [0.4, 0.5) is 13.2 Å². The molecule has 0 radical (unpaired) electrons. The lowest BCUT2D eigenvalue weighted by Crippen LogP contribution is -2.72. The molecular weight excluding hydrogens is 645 g/mol. The van der Waals surface area contributed by atoms with Gasteiger partial charge in [0.05, 0.1) is 13.2 Å². The monoisotopic (exact) mass is 700 g/mol. The molecule has 7 heterocycles. The van der Waals surface area contributed by atoms with Crippen LogP contribution in [0.1, 0.15) is 112 Å². The summed E-state index contributed by atoms with van der Waals surface area (Å²) < 4.78 is 87.2. The highest BCUT2D eigenvalue weighted by Gasteiger charge is 2.73. The summed E-state index contributed by atoms with van der Waals surface area (Å²) in [7, 11) is 0. The van der Waals surface area contributed by atoms with Crippen molar-refractivity contribution in [2.45, 2.75) is 159 Å². The summed E-state index contributed by atoms with van der Waals surface area (Å²) in [5.74, 6) is -2.60. The Kier molecular flexibility index (Phi) is 8.60. The Balaban J connectivity index is 0.864. The second-order valence-electron chi connectivity index (χ2n) is 17.1. The molecule has 0 aromatic carbocycles. The largest absolute Gasteiger partial charge is 0.456 e. The minimum atomic E-state index is -4.64. The molecule has 2 aliphatic carbocycles. The van der Waals surface area contributed by atoms with Gasteiger partial charge in [0, 0.05) is 42.8 Å². The lowest BCUT2D eigenvalue weighted by atomic mass is 9.57. The summed E-state index contributed by atoms with van der Waals surface area (Å²) in [5.41, 5.74) is -1.37. The highest BCUT2D eigenvalue weighted by atomic mass is 19.4. The van der Waals surface area contributed by atoms with E-state index >= 15 is 0 Å². The fraction of sp³-hybridized carbons (Fsp3) is 0.946. The predicted octanol–water partition coefficient (Wildman–Crippen LogP) is 7.92. The number of ether oxygens (including phenoxy) is 7. The van der Waals surface area contributed by atoms with Crippen LogP contribution in [0.3, 0.4) is 0 Å². The predicted molar refractivity (Wildman–Crippen MR) is 168 cm³/mol. The van der Waals surface area contributed by atoms with Gasteiger partial charge in [-0.3, -0.25) is 0 Å². The van der Waals surface area contributed by atoms with E-state index in [1.165, 1.54) is 0 Å². The molecule has 8 fully saturated rings. The third kappa shape index (κ3) is 5.38. The van der Waals surface area contributed by atoms with Crippen molar-refractivity contribution in [3.8, 4) is 0 Å². The number of rotatable bonds is 9. The van der Waals surface area contributed by atoms with Crippen molar-refractivity contribution in [3.05, 3.63) is 11.3 Å². The Labute approximate surface area is 288 Å². The highest BCUT2D eigenvalue weighted by Crippen LogP contribution is 2.65. The van der Waals surface area contributed by atoms with Gasteiger partial charge in [-0.1, -0.05) is 20.8 Å². The zero-order chi connectivity index (χ0) is 34.6. The van der Waals surface area contributed by atoms with Crippen molar-refractivity contribution in [2.75, 3.05) is 19.8 Å². The van der Waals surface area contributed by atoms with E-state index in [0.717, 1.165) is 51.4 Å². The summed E-state index contributed by atoms with van der Waals surface area (Å²) in [6.45, 7) is 13.1. The molecule has 2 spiro atoms. The molecule has 2 saturated carbocycles. The molecule has 12 heteroatoms. The Hall–Kier alpha value is -0.990. The molecule has 0 aromatic heterocycles. The maximum Gasteiger partial charge on any atom is 0.449 e. The topological polar surface area (TPSA) is 83.1 Å². The van der Waals surface area contributed by atoms with Crippen molar-refractivity contribution in [1.82, 2.24) is 0 Å². The van der Waals surface area contributed by atoms with Gasteiger partial charge in [-0.15, -0.1) is 0 Å². The summed E-state index contributed by atoms with van der Waals surface area (Å²) in [6, 6.07) is 0. The van der Waals surface area contributed by atoms with Crippen molar-refractivity contribution >= 4 is 0 Å². The van der Waals surface area contributed by atoms with Gasteiger partial charge in [0.15, 0.2) is 23.5 Å². The summed E-state index contributed by atoms with van der Waals surface area (Å²) >= 11 is 0. The molecule has 0 amide bonds. The first-order valence-electron chi connectivity index (χ1n) is 18.9. The number of hydrogen-bond donors (Lipinski definition) is 0. The van der Waals surface area contributed by atoms with Gasteiger partial charge in [0.1, 0.15) is 5.60 Å². The zero-order valence-electron chi connectivity index (χ0n) is 29.9. The van der Waals surface area contributed by atoms with E-state index in [0.29, 0.717) is 50.2 Å². The number of fused-ring (bicyclic) bond motifs is 3. The first kappa shape index (κ1) is 35.1. The zero-order valence-corrected chi connectivity index (χ0v) is 29.9. The SMILES string of the molecule is C[C@@H]1CC[C@H]2[C@@H](C)[C@@](C)(OCCCCCOCC3=C(C(F)(F)F)O[C@@H]4O[C@]5(C)CC[C@H]6[C@H](C)CC[C@@H]3[C@@]46O5)O[C@@H]3O[C@]4(C)CC[C@@H]1[C@]32OO4. The summed E-state index contributed by atoms with van der Waals surface area (Å²) in [6.07, 6.45) is 2.80. The average Bonchev–Trinajstić information content (AvgIpc) is 3.10. The van der Waals surface area contributed by atoms with Gasteiger partial charge in [-0.05, 0) is 102 Å². The molecule has 278 valence electrons. The van der Waals surface area contributed by atoms with E-state index in [4.69, 9.17) is 42.9 Å². The van der Waals surface area contributed by atoms with E-state index < -0.39 is 59.0 Å². The Morgan fingerprint density at radius 1 is 0.714 bits per heavy atom. The molecule has 14 atom stereocenters. The van der Waals surface area contributed by atoms with E-state index in [-0.39, 0.29) is 29.9 Å².